The molecule has 1 saturated heterocycles. The molecule has 0 bridgehead atoms. The zero-order valence-electron chi connectivity index (χ0n) is 16.6. The summed E-state index contributed by atoms with van der Waals surface area (Å²) in [5.74, 6) is -1.14. The van der Waals surface area contributed by atoms with Gasteiger partial charge >= 0.3 is 5.97 Å². The van der Waals surface area contributed by atoms with Gasteiger partial charge in [0.2, 0.25) is 0 Å². The molecule has 1 heterocycles. The van der Waals surface area contributed by atoms with Crippen molar-refractivity contribution in [2.45, 2.75) is 64.4 Å². The van der Waals surface area contributed by atoms with Gasteiger partial charge in [0, 0.05) is 20.0 Å². The largest absolute Gasteiger partial charge is 0.494 e. The first-order valence-corrected chi connectivity index (χ1v) is 9.90. The first kappa shape index (κ1) is 21.9. The van der Waals surface area contributed by atoms with Gasteiger partial charge in [-0.2, -0.15) is 0 Å². The van der Waals surface area contributed by atoms with Crippen LogP contribution in [0, 0.1) is 0 Å². The molecule has 0 saturated carbocycles. The number of unbranched alkanes of at least 4 members (excludes halogenated alkanes) is 5. The Morgan fingerprint density at radius 1 is 1.00 bits per heavy atom. The number of carbonyl (C=O) groups is 3. The van der Waals surface area contributed by atoms with Crippen LogP contribution in [0.1, 0.15) is 70.0 Å². The Labute approximate surface area is 165 Å². The third kappa shape index (κ3) is 6.34. The highest BCUT2D eigenvalue weighted by atomic mass is 16.7. The Balaban J connectivity index is 1.82. The fourth-order valence-corrected chi connectivity index (χ4v) is 2.98. The van der Waals surface area contributed by atoms with Gasteiger partial charge in [-0.1, -0.05) is 51.2 Å². The molecule has 0 N–H and O–H groups in total. The third-order valence-corrected chi connectivity index (χ3v) is 4.59. The van der Waals surface area contributed by atoms with Gasteiger partial charge in [-0.3, -0.25) is 9.59 Å². The molecular formula is C21H29NO6. The highest BCUT2D eigenvalue weighted by Gasteiger charge is 2.35. The lowest BCUT2D eigenvalue weighted by atomic mass is 10.1. The summed E-state index contributed by atoms with van der Waals surface area (Å²) in [7, 11) is 1.36. The molecule has 1 aliphatic heterocycles. The SMILES string of the molecule is CCCCCCCCOc1ccc(C(OC)C(=O)ON2C(=O)CCC2=O)cc1. The molecule has 2 amide bonds. The molecule has 154 valence electrons. The molecular weight excluding hydrogens is 362 g/mol. The predicted octanol–water partition coefficient (Wildman–Crippen LogP) is 3.72. The Morgan fingerprint density at radius 2 is 1.61 bits per heavy atom. The lowest BCUT2D eigenvalue weighted by Crippen LogP contribution is -2.34. The van der Waals surface area contributed by atoms with Crippen molar-refractivity contribution in [3.63, 3.8) is 0 Å². The number of benzene rings is 1. The molecule has 1 unspecified atom stereocenters. The van der Waals surface area contributed by atoms with Crippen molar-refractivity contribution in [2.75, 3.05) is 13.7 Å². The monoisotopic (exact) mass is 391 g/mol. The van der Waals surface area contributed by atoms with Gasteiger partial charge < -0.3 is 14.3 Å². The number of methoxy groups -OCH3 is 1. The van der Waals surface area contributed by atoms with E-state index in [-0.39, 0.29) is 12.8 Å². The molecule has 0 spiro atoms. The number of hydrogen-bond acceptors (Lipinski definition) is 6. The summed E-state index contributed by atoms with van der Waals surface area (Å²) < 4.78 is 10.9. The quantitative estimate of drug-likeness (QED) is 0.399. The number of hydroxylamine groups is 2. The smallest absolute Gasteiger partial charge is 0.366 e. The first-order valence-electron chi connectivity index (χ1n) is 9.90. The van der Waals surface area contributed by atoms with Crippen LogP contribution in [0.25, 0.3) is 0 Å². The van der Waals surface area contributed by atoms with E-state index in [0.29, 0.717) is 23.0 Å². The topological polar surface area (TPSA) is 82.1 Å². The van der Waals surface area contributed by atoms with Crippen LogP contribution < -0.4 is 4.74 Å². The van der Waals surface area contributed by atoms with Gasteiger partial charge in [0.25, 0.3) is 11.8 Å². The molecule has 1 aromatic rings. The van der Waals surface area contributed by atoms with Crippen LogP contribution in [0.3, 0.4) is 0 Å². The number of carbonyl (C=O) groups excluding carboxylic acids is 3. The number of imide groups is 1. The van der Waals surface area contributed by atoms with Crippen LogP contribution in [0.5, 0.6) is 5.75 Å². The number of rotatable bonds is 12. The molecule has 1 aliphatic rings. The molecule has 0 aromatic heterocycles. The zero-order chi connectivity index (χ0) is 20.4. The van der Waals surface area contributed by atoms with Crippen molar-refractivity contribution < 1.29 is 28.7 Å². The van der Waals surface area contributed by atoms with E-state index >= 15 is 0 Å². The van der Waals surface area contributed by atoms with Gasteiger partial charge in [0.1, 0.15) is 5.75 Å². The molecule has 7 nitrogen and oxygen atoms in total. The Hall–Kier alpha value is -2.41. The zero-order valence-corrected chi connectivity index (χ0v) is 16.6. The van der Waals surface area contributed by atoms with E-state index in [4.69, 9.17) is 14.3 Å². The van der Waals surface area contributed by atoms with E-state index in [1.165, 1.54) is 32.8 Å². The van der Waals surface area contributed by atoms with Crippen molar-refractivity contribution in [2.24, 2.45) is 0 Å². The number of ether oxygens (including phenoxy) is 2. The lowest BCUT2D eigenvalue weighted by Gasteiger charge is -2.18. The van der Waals surface area contributed by atoms with E-state index < -0.39 is 23.9 Å². The van der Waals surface area contributed by atoms with Crippen LogP contribution >= 0.6 is 0 Å². The van der Waals surface area contributed by atoms with Crippen molar-refractivity contribution >= 4 is 17.8 Å². The summed E-state index contributed by atoms with van der Waals surface area (Å²) in [5, 5.41) is 0.520. The molecule has 1 aromatic carbocycles. The minimum Gasteiger partial charge on any atom is -0.494 e. The minimum atomic E-state index is -1.03. The van der Waals surface area contributed by atoms with Crippen molar-refractivity contribution in [1.29, 1.82) is 0 Å². The van der Waals surface area contributed by atoms with Crippen LogP contribution in [-0.2, 0) is 24.0 Å². The lowest BCUT2D eigenvalue weighted by molar-refractivity contribution is -0.204. The van der Waals surface area contributed by atoms with Crippen LogP contribution in [0.2, 0.25) is 0 Å². The summed E-state index contributed by atoms with van der Waals surface area (Å²) in [6.07, 6.45) is 6.26. The van der Waals surface area contributed by atoms with E-state index in [1.54, 1.807) is 24.3 Å². The highest BCUT2D eigenvalue weighted by Crippen LogP contribution is 2.23. The standard InChI is InChI=1S/C21H29NO6/c1-3-4-5-6-7-8-15-27-17-11-9-16(10-12-17)20(26-2)21(25)28-22-18(23)13-14-19(22)24/h9-12,20H,3-8,13-15H2,1-2H3. The van der Waals surface area contributed by atoms with E-state index in [1.807, 2.05) is 0 Å². The number of nitrogens with zero attached hydrogens (tertiary/aromatic N) is 1. The average molecular weight is 391 g/mol. The van der Waals surface area contributed by atoms with Gasteiger partial charge in [-0.15, -0.1) is 5.06 Å². The van der Waals surface area contributed by atoms with Gasteiger partial charge in [-0.05, 0) is 24.1 Å². The van der Waals surface area contributed by atoms with E-state index in [2.05, 4.69) is 6.92 Å². The van der Waals surface area contributed by atoms with Gasteiger partial charge in [-0.25, -0.2) is 4.79 Å². The Kier molecular flexibility index (Phi) is 8.94. The maximum Gasteiger partial charge on any atom is 0.366 e. The maximum absolute atomic E-state index is 12.3. The van der Waals surface area contributed by atoms with Crippen LogP contribution in [0.4, 0.5) is 0 Å². The van der Waals surface area contributed by atoms with E-state index in [0.717, 1.165) is 12.8 Å². The van der Waals surface area contributed by atoms with Crippen molar-refractivity contribution in [3.05, 3.63) is 29.8 Å². The molecule has 0 aliphatic carbocycles. The summed E-state index contributed by atoms with van der Waals surface area (Å²) in [5.41, 5.74) is 0.554. The van der Waals surface area contributed by atoms with Crippen LogP contribution in [0.15, 0.2) is 24.3 Å². The molecule has 2 rings (SSSR count). The molecule has 28 heavy (non-hydrogen) atoms. The summed E-state index contributed by atoms with van der Waals surface area (Å²) in [6, 6.07) is 6.94. The minimum absolute atomic E-state index is 0.0500. The first-order chi connectivity index (χ1) is 13.6. The van der Waals surface area contributed by atoms with Crippen molar-refractivity contribution in [3.8, 4) is 5.75 Å². The average Bonchev–Trinajstić information content (AvgIpc) is 3.01. The summed E-state index contributed by atoms with van der Waals surface area (Å²) >= 11 is 0. The van der Waals surface area contributed by atoms with Crippen LogP contribution in [-0.4, -0.2) is 36.6 Å². The normalized spacial score (nSPS) is 15.0. The summed E-state index contributed by atoms with van der Waals surface area (Å²) in [6.45, 7) is 2.85. The third-order valence-electron chi connectivity index (χ3n) is 4.59. The maximum atomic E-state index is 12.3. The van der Waals surface area contributed by atoms with Gasteiger partial charge in [0.15, 0.2) is 6.10 Å². The fourth-order valence-electron chi connectivity index (χ4n) is 2.98. The molecule has 7 heteroatoms. The highest BCUT2D eigenvalue weighted by molar-refractivity contribution is 6.01. The second-order valence-electron chi connectivity index (χ2n) is 6.79. The Morgan fingerprint density at radius 3 is 2.21 bits per heavy atom. The fraction of sp³-hybridized carbons (Fsp3) is 0.571. The van der Waals surface area contributed by atoms with Gasteiger partial charge in [0.05, 0.1) is 6.61 Å². The molecule has 1 atom stereocenters. The summed E-state index contributed by atoms with van der Waals surface area (Å²) in [4.78, 5) is 40.4. The number of amides is 2. The van der Waals surface area contributed by atoms with Crippen molar-refractivity contribution in [1.82, 2.24) is 5.06 Å². The number of hydrogen-bond donors (Lipinski definition) is 0. The predicted molar refractivity (Wildman–Crippen MR) is 102 cm³/mol. The second-order valence-corrected chi connectivity index (χ2v) is 6.79. The van der Waals surface area contributed by atoms with E-state index in [9.17, 15) is 14.4 Å². The molecule has 0 radical (unpaired) electrons. The molecule has 1 fully saturated rings. The Bertz CT molecular complexity index is 641. The second kappa shape index (κ2) is 11.4.